The molecule has 2 atom stereocenters. The van der Waals surface area contributed by atoms with E-state index in [0.717, 1.165) is 0 Å². The summed E-state index contributed by atoms with van der Waals surface area (Å²) in [5.74, 6) is 0. The quantitative estimate of drug-likeness (QED) is 0.117. The molecule has 0 fully saturated rings. The summed E-state index contributed by atoms with van der Waals surface area (Å²) in [5, 5.41) is 0. The highest BCUT2D eigenvalue weighted by Crippen LogP contribution is 2.53. The van der Waals surface area contributed by atoms with Gasteiger partial charge in [0.15, 0.2) is 0 Å². The van der Waals surface area contributed by atoms with Gasteiger partial charge in [-0.05, 0) is 70.0 Å². The fourth-order valence-corrected chi connectivity index (χ4v) is 8.34. The summed E-state index contributed by atoms with van der Waals surface area (Å²) in [6.07, 6.45) is 22.8. The topological polar surface area (TPSA) is 0 Å². The lowest BCUT2D eigenvalue weighted by atomic mass is 9.59. The Bertz CT molecular complexity index is 610. The molecule has 0 heteroatoms. The van der Waals surface area contributed by atoms with Gasteiger partial charge in [-0.2, -0.15) is 0 Å². The van der Waals surface area contributed by atoms with Gasteiger partial charge in [0.05, 0.1) is 0 Å². The molecule has 0 nitrogen and oxygen atoms in total. The van der Waals surface area contributed by atoms with Gasteiger partial charge in [-0.15, -0.1) is 0 Å². The molecule has 0 N–H and O–H groups in total. The predicted molar refractivity (Wildman–Crippen MR) is 198 cm³/mol. The van der Waals surface area contributed by atoms with Gasteiger partial charge in [0.2, 0.25) is 0 Å². The van der Waals surface area contributed by atoms with Crippen LogP contribution < -0.4 is 0 Å². The first-order chi connectivity index (χ1) is 19.3. The van der Waals surface area contributed by atoms with E-state index in [1.54, 1.807) is 0 Å². The highest BCUT2D eigenvalue weighted by molar-refractivity contribution is 4.92. The van der Waals surface area contributed by atoms with Crippen LogP contribution in [0.2, 0.25) is 0 Å². The zero-order chi connectivity index (χ0) is 33.5. The van der Waals surface area contributed by atoms with E-state index in [0.29, 0.717) is 37.9 Å². The van der Waals surface area contributed by atoms with Crippen molar-refractivity contribution in [1.29, 1.82) is 0 Å². The van der Waals surface area contributed by atoms with Gasteiger partial charge < -0.3 is 0 Å². The third kappa shape index (κ3) is 14.0. The van der Waals surface area contributed by atoms with E-state index in [2.05, 4.69) is 125 Å². The molecule has 42 heavy (non-hydrogen) atoms. The van der Waals surface area contributed by atoms with E-state index >= 15 is 0 Å². The molecule has 0 saturated heterocycles. The van der Waals surface area contributed by atoms with Crippen molar-refractivity contribution in [1.82, 2.24) is 0 Å². The molecule has 0 aromatic heterocycles. The lowest BCUT2D eigenvalue weighted by molar-refractivity contribution is 0.0458. The minimum atomic E-state index is 0.480. The number of rotatable bonds is 22. The monoisotopic (exact) mass is 593 g/mol. The highest BCUT2D eigenvalue weighted by Gasteiger charge is 2.41. The van der Waals surface area contributed by atoms with Crippen LogP contribution in [-0.2, 0) is 0 Å². The molecule has 2 unspecified atom stereocenters. The smallest absolute Gasteiger partial charge is 0.0292 e. The molecule has 0 amide bonds. The molecule has 0 heterocycles. The lowest BCUT2D eigenvalue weighted by Gasteiger charge is -2.46. The van der Waals surface area contributed by atoms with Crippen molar-refractivity contribution in [3.05, 3.63) is 0 Å². The van der Waals surface area contributed by atoms with Gasteiger partial charge in [-0.3, -0.25) is 0 Å². The lowest BCUT2D eigenvalue weighted by Crippen LogP contribution is -2.35. The van der Waals surface area contributed by atoms with Crippen molar-refractivity contribution in [3.63, 3.8) is 0 Å². The Hall–Kier alpha value is 0. The summed E-state index contributed by atoms with van der Waals surface area (Å²) in [6.45, 7) is 43.8. The molecule has 0 aliphatic rings. The van der Waals surface area contributed by atoms with Crippen molar-refractivity contribution < 1.29 is 0 Å². The van der Waals surface area contributed by atoms with Crippen molar-refractivity contribution in [2.24, 2.45) is 37.9 Å². The van der Waals surface area contributed by atoms with Crippen LogP contribution in [0.25, 0.3) is 0 Å². The van der Waals surface area contributed by atoms with Gasteiger partial charge in [-0.25, -0.2) is 0 Å². The van der Waals surface area contributed by atoms with Crippen LogP contribution >= 0.6 is 0 Å². The van der Waals surface area contributed by atoms with Crippen molar-refractivity contribution >= 4 is 0 Å². The number of hydrogen-bond acceptors (Lipinski definition) is 0. The van der Waals surface area contributed by atoms with Crippen LogP contribution in [0.3, 0.4) is 0 Å². The first-order valence-corrected chi connectivity index (χ1v) is 19.3. The third-order valence-electron chi connectivity index (χ3n) is 14.2. The highest BCUT2D eigenvalue weighted by atomic mass is 14.5. The molecule has 0 saturated carbocycles. The Morgan fingerprint density at radius 1 is 0.214 bits per heavy atom. The molecule has 256 valence electrons. The average Bonchev–Trinajstić information content (AvgIpc) is 3.00. The van der Waals surface area contributed by atoms with E-state index in [-0.39, 0.29) is 0 Å². The second-order valence-corrected chi connectivity index (χ2v) is 17.5. The van der Waals surface area contributed by atoms with Gasteiger partial charge >= 0.3 is 0 Å². The largest absolute Gasteiger partial charge is 0.0649 e. The Labute approximate surface area is 271 Å². The summed E-state index contributed by atoms with van der Waals surface area (Å²) < 4.78 is 0. The minimum Gasteiger partial charge on any atom is -0.0649 e. The molecule has 0 bridgehead atoms. The molecule has 0 aromatic rings. The van der Waals surface area contributed by atoms with E-state index in [1.807, 2.05) is 0 Å². The second-order valence-electron chi connectivity index (χ2n) is 17.5. The second kappa shape index (κ2) is 18.8. The fourth-order valence-electron chi connectivity index (χ4n) is 8.34. The summed E-state index contributed by atoms with van der Waals surface area (Å²) in [7, 11) is 0. The van der Waals surface area contributed by atoms with Crippen LogP contribution in [-0.4, -0.2) is 0 Å². The summed E-state index contributed by atoms with van der Waals surface area (Å²) in [6, 6.07) is 0. The van der Waals surface area contributed by atoms with Crippen LogP contribution in [0.1, 0.15) is 234 Å². The standard InChI is InChI=1S/C23H48.C19H40/c1-11-20(7,12-2)17-22(9,15-5)19-23(10,16-6)18-21(8,13-3)14-4;1-9-17(7,10-2)15-19(13-5,14-6)16-18(8,11-3)12-4/h11-19H2,1-10H3;9-16H2,1-8H3. The molecule has 0 aliphatic carbocycles. The third-order valence-corrected chi connectivity index (χ3v) is 14.2. The van der Waals surface area contributed by atoms with Gasteiger partial charge in [-0.1, -0.05) is 202 Å². The van der Waals surface area contributed by atoms with Crippen LogP contribution in [0.5, 0.6) is 0 Å². The van der Waals surface area contributed by atoms with E-state index in [1.165, 1.54) is 109 Å². The van der Waals surface area contributed by atoms with Gasteiger partial charge in [0.25, 0.3) is 0 Å². The first-order valence-electron chi connectivity index (χ1n) is 19.3. The van der Waals surface area contributed by atoms with Gasteiger partial charge in [0.1, 0.15) is 0 Å². The maximum absolute atomic E-state index is 2.57. The van der Waals surface area contributed by atoms with Crippen LogP contribution in [0.15, 0.2) is 0 Å². The van der Waals surface area contributed by atoms with Crippen molar-refractivity contribution in [2.75, 3.05) is 0 Å². The summed E-state index contributed by atoms with van der Waals surface area (Å²) in [5.41, 5.74) is 3.61. The predicted octanol–water partition coefficient (Wildman–Crippen LogP) is 15.9. The van der Waals surface area contributed by atoms with E-state index < -0.39 is 0 Å². The molecular formula is C42H88. The van der Waals surface area contributed by atoms with Crippen LogP contribution in [0.4, 0.5) is 0 Å². The van der Waals surface area contributed by atoms with Crippen molar-refractivity contribution in [2.45, 2.75) is 234 Å². The Balaban J connectivity index is 0. The zero-order valence-corrected chi connectivity index (χ0v) is 33.5. The van der Waals surface area contributed by atoms with Crippen molar-refractivity contribution in [3.8, 4) is 0 Å². The minimum absolute atomic E-state index is 0.480. The molecule has 0 rings (SSSR count). The summed E-state index contributed by atoms with van der Waals surface area (Å²) >= 11 is 0. The molecule has 0 radical (unpaired) electrons. The van der Waals surface area contributed by atoms with Gasteiger partial charge in [0, 0.05) is 0 Å². The molecule has 0 spiro atoms. The Morgan fingerprint density at radius 3 is 0.548 bits per heavy atom. The molecule has 0 aliphatic heterocycles. The fraction of sp³-hybridized carbons (Fsp3) is 1.00. The van der Waals surface area contributed by atoms with Crippen LogP contribution in [0, 0.1) is 37.9 Å². The number of hydrogen-bond donors (Lipinski definition) is 0. The maximum atomic E-state index is 2.57. The van der Waals surface area contributed by atoms with E-state index in [9.17, 15) is 0 Å². The van der Waals surface area contributed by atoms with E-state index in [4.69, 9.17) is 0 Å². The zero-order valence-electron chi connectivity index (χ0n) is 33.5. The molecule has 0 aromatic carbocycles. The molecular weight excluding hydrogens is 504 g/mol. The average molecular weight is 593 g/mol. The SMILES string of the molecule is CCC(C)(CC)CC(C)(CC)CC(C)(CC)CC(C)(CC)CC.CCC(C)(CC)CC(CC)(CC)CC(C)(CC)CC. The maximum Gasteiger partial charge on any atom is -0.0292 e. The Morgan fingerprint density at radius 2 is 0.381 bits per heavy atom. The Kier molecular flexibility index (Phi) is 19.8. The summed E-state index contributed by atoms with van der Waals surface area (Å²) in [4.78, 5) is 0. The first kappa shape index (κ1) is 44.1. The normalized spacial score (nSPS) is 16.4.